The zero-order valence-corrected chi connectivity index (χ0v) is 17.5. The van der Waals surface area contributed by atoms with Crippen molar-refractivity contribution in [1.82, 2.24) is 13.9 Å². The predicted molar refractivity (Wildman–Crippen MR) is 104 cm³/mol. The van der Waals surface area contributed by atoms with E-state index in [1.54, 1.807) is 16.5 Å². The monoisotopic (exact) mass is 458 g/mol. The fourth-order valence-corrected chi connectivity index (χ4v) is 5.58. The van der Waals surface area contributed by atoms with E-state index in [1.165, 1.54) is 41.1 Å². The van der Waals surface area contributed by atoms with Crippen LogP contribution in [0.2, 0.25) is 0 Å². The highest BCUT2D eigenvalue weighted by atomic mass is 32.2. The van der Waals surface area contributed by atoms with Crippen molar-refractivity contribution in [3.8, 4) is 5.75 Å². The number of aromatic nitrogens is 2. The normalized spacial score (nSPS) is 19.9. The Morgan fingerprint density at radius 3 is 2.23 bits per heavy atom. The van der Waals surface area contributed by atoms with Gasteiger partial charge in [-0.15, -0.1) is 13.2 Å². The number of alkyl halides is 3. The zero-order valence-electron chi connectivity index (χ0n) is 16.7. The lowest BCUT2D eigenvalue weighted by atomic mass is 9.77. The number of amides is 1. The van der Waals surface area contributed by atoms with Crippen molar-refractivity contribution in [3.05, 3.63) is 36.8 Å². The quantitative estimate of drug-likeness (QED) is 0.703. The van der Waals surface area contributed by atoms with Gasteiger partial charge in [0.25, 0.3) is 10.0 Å². The summed E-state index contributed by atoms with van der Waals surface area (Å²) in [5.41, 5.74) is -0.183. The van der Waals surface area contributed by atoms with Crippen molar-refractivity contribution in [1.29, 1.82) is 0 Å². The summed E-state index contributed by atoms with van der Waals surface area (Å²) in [6.07, 6.45) is -0.605. The summed E-state index contributed by atoms with van der Waals surface area (Å²) in [4.78, 5) is 18.6. The van der Waals surface area contributed by atoms with Crippen LogP contribution in [0, 0.1) is 5.41 Å². The first-order chi connectivity index (χ1) is 14.5. The lowest BCUT2D eigenvalue weighted by Crippen LogP contribution is -2.46. The van der Waals surface area contributed by atoms with Crippen molar-refractivity contribution in [2.45, 2.75) is 30.7 Å². The Balaban J connectivity index is 1.44. The molecule has 0 bridgehead atoms. The number of hydrogen-bond acceptors (Lipinski definition) is 5. The molecule has 1 amide bonds. The highest BCUT2D eigenvalue weighted by Gasteiger charge is 2.50. The molecule has 2 aromatic rings. The number of benzene rings is 1. The molecule has 4 rings (SSSR count). The van der Waals surface area contributed by atoms with Crippen LogP contribution in [-0.2, 0) is 21.9 Å². The summed E-state index contributed by atoms with van der Waals surface area (Å²) < 4.78 is 69.3. The van der Waals surface area contributed by atoms with Crippen molar-refractivity contribution in [2.24, 2.45) is 12.5 Å². The van der Waals surface area contributed by atoms with Gasteiger partial charge in [0.15, 0.2) is 5.03 Å². The molecule has 2 fully saturated rings. The molecule has 0 radical (unpaired) electrons. The molecule has 0 aliphatic carbocycles. The summed E-state index contributed by atoms with van der Waals surface area (Å²) in [5, 5.41) is -0.0218. The number of anilines is 1. The van der Waals surface area contributed by atoms with Gasteiger partial charge in [-0.25, -0.2) is 13.4 Å². The Morgan fingerprint density at radius 1 is 1.06 bits per heavy atom. The molecule has 168 valence electrons. The third-order valence-corrected chi connectivity index (χ3v) is 7.64. The van der Waals surface area contributed by atoms with Gasteiger partial charge in [0, 0.05) is 38.6 Å². The molecule has 3 heterocycles. The molecule has 2 aliphatic rings. The highest BCUT2D eigenvalue weighted by Crippen LogP contribution is 2.44. The van der Waals surface area contributed by atoms with Crippen LogP contribution in [0.15, 0.2) is 41.8 Å². The minimum atomic E-state index is -4.78. The largest absolute Gasteiger partial charge is 0.573 e. The second-order valence-corrected chi connectivity index (χ2v) is 9.70. The molecule has 0 unspecified atom stereocenters. The van der Waals surface area contributed by atoms with E-state index in [2.05, 4.69) is 9.72 Å². The second kappa shape index (κ2) is 7.52. The van der Waals surface area contributed by atoms with Gasteiger partial charge >= 0.3 is 6.36 Å². The van der Waals surface area contributed by atoms with Gasteiger partial charge in [-0.05, 0) is 43.5 Å². The predicted octanol–water partition coefficient (Wildman–Crippen LogP) is 2.53. The Bertz CT molecular complexity index is 1070. The van der Waals surface area contributed by atoms with Gasteiger partial charge in [-0.2, -0.15) is 4.31 Å². The number of carbonyl (C=O) groups excluding carboxylic acids is 1. The molecule has 31 heavy (non-hydrogen) atoms. The molecular formula is C19H21F3N4O4S. The van der Waals surface area contributed by atoms with Crippen molar-refractivity contribution < 1.29 is 31.1 Å². The van der Waals surface area contributed by atoms with E-state index in [9.17, 15) is 26.4 Å². The molecule has 2 saturated heterocycles. The summed E-state index contributed by atoms with van der Waals surface area (Å²) >= 11 is 0. The van der Waals surface area contributed by atoms with Crippen molar-refractivity contribution >= 4 is 21.6 Å². The Kier molecular flexibility index (Phi) is 5.24. The number of nitrogens with zero attached hydrogens (tertiary/aromatic N) is 4. The number of ether oxygens (including phenoxy) is 1. The van der Waals surface area contributed by atoms with Crippen LogP contribution in [-0.4, -0.2) is 54.2 Å². The van der Waals surface area contributed by atoms with E-state index >= 15 is 0 Å². The number of sulfonamides is 1. The molecule has 8 nitrogen and oxygen atoms in total. The van der Waals surface area contributed by atoms with Crippen molar-refractivity contribution in [2.75, 3.05) is 24.5 Å². The first kappa shape index (κ1) is 21.6. The maximum Gasteiger partial charge on any atom is 0.573 e. The van der Waals surface area contributed by atoms with Crippen molar-refractivity contribution in [3.63, 3.8) is 0 Å². The average Bonchev–Trinajstić information content (AvgIpc) is 3.27. The molecular weight excluding hydrogens is 437 g/mol. The van der Waals surface area contributed by atoms with Crippen LogP contribution in [0.4, 0.5) is 18.9 Å². The maximum atomic E-state index is 13.2. The molecule has 0 atom stereocenters. The van der Waals surface area contributed by atoms with Crippen LogP contribution < -0.4 is 9.64 Å². The summed E-state index contributed by atoms with van der Waals surface area (Å²) in [6, 6.07) is 5.17. The Labute approximate surface area is 177 Å². The van der Waals surface area contributed by atoms with E-state index < -0.39 is 21.8 Å². The molecule has 1 aromatic carbocycles. The third kappa shape index (κ3) is 4.13. The van der Waals surface area contributed by atoms with Gasteiger partial charge in [0.05, 0.1) is 11.7 Å². The number of piperidine rings is 1. The van der Waals surface area contributed by atoms with Crippen LogP contribution in [0.3, 0.4) is 0 Å². The van der Waals surface area contributed by atoms with E-state index in [0.29, 0.717) is 31.5 Å². The standard InChI is InChI=1S/C19H21F3N4O4S/c1-24-12-16(23-13-24)31(28,29)25-9-6-18(7-10-25)8-11-26(17(18)27)14-2-4-15(5-3-14)30-19(20,21)22/h2-5,12-13H,6-11H2,1H3. The Morgan fingerprint density at radius 2 is 1.68 bits per heavy atom. The number of halogens is 3. The lowest BCUT2D eigenvalue weighted by molar-refractivity contribution is -0.274. The molecule has 1 aromatic heterocycles. The number of hydrogen-bond donors (Lipinski definition) is 0. The molecule has 12 heteroatoms. The number of carbonyl (C=O) groups is 1. The van der Waals surface area contributed by atoms with Gasteiger partial charge in [0.2, 0.25) is 5.91 Å². The van der Waals surface area contributed by atoms with E-state index in [4.69, 9.17) is 0 Å². The Hall–Kier alpha value is -2.60. The molecule has 2 aliphatic heterocycles. The topological polar surface area (TPSA) is 84.7 Å². The molecule has 1 spiro atoms. The van der Waals surface area contributed by atoms with Gasteiger partial charge in [0.1, 0.15) is 5.75 Å². The maximum absolute atomic E-state index is 13.2. The smallest absolute Gasteiger partial charge is 0.406 e. The fraction of sp³-hybridized carbons (Fsp3) is 0.474. The minimum Gasteiger partial charge on any atom is -0.406 e. The minimum absolute atomic E-state index is 0.0218. The van der Waals surface area contributed by atoms with Crippen LogP contribution >= 0.6 is 0 Å². The van der Waals surface area contributed by atoms with Gasteiger partial charge in [-0.1, -0.05) is 0 Å². The number of aryl methyl sites for hydroxylation is 1. The first-order valence-corrected chi connectivity index (χ1v) is 11.1. The van der Waals surface area contributed by atoms with Crippen LogP contribution in [0.25, 0.3) is 0 Å². The summed E-state index contributed by atoms with van der Waals surface area (Å²) in [7, 11) is -2.03. The van der Waals surface area contributed by atoms with E-state index in [0.717, 1.165) is 0 Å². The zero-order chi connectivity index (χ0) is 22.4. The van der Waals surface area contributed by atoms with Crippen LogP contribution in [0.1, 0.15) is 19.3 Å². The SMILES string of the molecule is Cn1cnc(S(=O)(=O)N2CCC3(CCN(c4ccc(OC(F)(F)F)cc4)C3=O)CC2)c1. The third-order valence-electron chi connectivity index (χ3n) is 5.86. The van der Waals surface area contributed by atoms with Gasteiger partial charge < -0.3 is 14.2 Å². The van der Waals surface area contributed by atoms with E-state index in [-0.39, 0.29) is 29.8 Å². The van der Waals surface area contributed by atoms with Gasteiger partial charge in [-0.3, -0.25) is 4.79 Å². The van der Waals surface area contributed by atoms with E-state index in [1.807, 2.05) is 0 Å². The molecule has 0 N–H and O–H groups in total. The number of imidazole rings is 1. The second-order valence-electron chi connectivity index (χ2n) is 7.81. The summed E-state index contributed by atoms with van der Waals surface area (Å²) in [6.45, 7) is 0.832. The fourth-order valence-electron chi connectivity index (χ4n) is 4.17. The number of rotatable bonds is 4. The van der Waals surface area contributed by atoms with Crippen LogP contribution in [0.5, 0.6) is 5.75 Å². The first-order valence-electron chi connectivity index (χ1n) is 9.66. The highest BCUT2D eigenvalue weighted by molar-refractivity contribution is 7.89. The lowest BCUT2D eigenvalue weighted by Gasteiger charge is -2.36. The summed E-state index contributed by atoms with van der Waals surface area (Å²) in [5.74, 6) is -0.488. The average molecular weight is 458 g/mol. The molecule has 0 saturated carbocycles.